The van der Waals surface area contributed by atoms with Crippen LogP contribution in [0.25, 0.3) is 0 Å². The Bertz CT molecular complexity index is 313. The highest BCUT2D eigenvalue weighted by atomic mass is 14.4. The molecule has 0 aliphatic heterocycles. The van der Waals surface area contributed by atoms with E-state index in [0.717, 1.165) is 24.0 Å². The van der Waals surface area contributed by atoms with Crippen molar-refractivity contribution in [2.24, 2.45) is 11.8 Å². The van der Waals surface area contributed by atoms with E-state index >= 15 is 0 Å². The van der Waals surface area contributed by atoms with Gasteiger partial charge in [-0.3, -0.25) is 0 Å². The first-order valence-electron chi connectivity index (χ1n) is 4.07. The maximum Gasteiger partial charge on any atom is 0.0947 e. The number of nitrogens with zero attached hydrogens (tertiary/aromatic N) is 2. The maximum atomic E-state index is 8.75. The van der Waals surface area contributed by atoms with Crippen LogP contribution in [0.5, 0.6) is 0 Å². The van der Waals surface area contributed by atoms with Gasteiger partial charge in [-0.25, -0.2) is 0 Å². The predicted octanol–water partition coefficient (Wildman–Crippen LogP) is 1.93. The zero-order chi connectivity index (χ0) is 8.55. The second-order valence-corrected chi connectivity index (χ2v) is 3.23. The highest BCUT2D eigenvalue weighted by Gasteiger charge is 2.35. The third-order valence-corrected chi connectivity index (χ3v) is 2.73. The smallest absolute Gasteiger partial charge is 0.0947 e. The fraction of sp³-hybridized carbons (Fsp3) is 0.400. The Labute approximate surface area is 71.4 Å². The van der Waals surface area contributed by atoms with Crippen LogP contribution in [0.3, 0.4) is 0 Å². The third kappa shape index (κ3) is 0.787. The normalized spacial score (nSPS) is 31.5. The van der Waals surface area contributed by atoms with Crippen molar-refractivity contribution in [3.63, 3.8) is 0 Å². The number of nitriles is 2. The lowest BCUT2D eigenvalue weighted by Crippen LogP contribution is -2.05. The van der Waals surface area contributed by atoms with E-state index in [4.69, 9.17) is 10.5 Å². The van der Waals surface area contributed by atoms with Gasteiger partial charge < -0.3 is 0 Å². The molecule has 2 nitrogen and oxygen atoms in total. The molecule has 2 atom stereocenters. The van der Waals surface area contributed by atoms with E-state index in [-0.39, 0.29) is 0 Å². The Kier molecular flexibility index (Phi) is 1.48. The van der Waals surface area contributed by atoms with Crippen LogP contribution in [0, 0.1) is 34.5 Å². The van der Waals surface area contributed by atoms with Crippen LogP contribution in [0.2, 0.25) is 0 Å². The summed E-state index contributed by atoms with van der Waals surface area (Å²) >= 11 is 0. The SMILES string of the molecule is N#CC1=CCC2C(C#N)=CCC12. The molecule has 0 aromatic heterocycles. The number of hydrogen-bond acceptors (Lipinski definition) is 2. The van der Waals surface area contributed by atoms with Crippen LogP contribution < -0.4 is 0 Å². The lowest BCUT2D eigenvalue weighted by atomic mass is 9.91. The molecular weight excluding hydrogens is 148 g/mol. The standard InChI is InChI=1S/C10H8N2/c11-5-7-1-3-9-8(6-12)2-4-10(7)9/h1-2,9-10H,3-4H2. The van der Waals surface area contributed by atoms with Gasteiger partial charge in [0, 0.05) is 23.0 Å². The number of rotatable bonds is 0. The monoisotopic (exact) mass is 156 g/mol. The van der Waals surface area contributed by atoms with E-state index in [1.165, 1.54) is 0 Å². The van der Waals surface area contributed by atoms with Crippen molar-refractivity contribution >= 4 is 0 Å². The Morgan fingerprint density at radius 2 is 1.42 bits per heavy atom. The Hall–Kier alpha value is -1.54. The van der Waals surface area contributed by atoms with Gasteiger partial charge in [-0.1, -0.05) is 12.2 Å². The van der Waals surface area contributed by atoms with Gasteiger partial charge in [0.05, 0.1) is 12.1 Å². The third-order valence-electron chi connectivity index (χ3n) is 2.73. The van der Waals surface area contributed by atoms with Crippen molar-refractivity contribution in [3.8, 4) is 12.1 Å². The highest BCUT2D eigenvalue weighted by molar-refractivity contribution is 5.41. The summed E-state index contributed by atoms with van der Waals surface area (Å²) in [5.74, 6) is 0.647. The van der Waals surface area contributed by atoms with Crippen LogP contribution in [-0.4, -0.2) is 0 Å². The van der Waals surface area contributed by atoms with Crippen molar-refractivity contribution in [2.45, 2.75) is 12.8 Å². The highest BCUT2D eigenvalue weighted by Crippen LogP contribution is 2.43. The Balaban J connectivity index is 2.24. The zero-order valence-corrected chi connectivity index (χ0v) is 6.62. The lowest BCUT2D eigenvalue weighted by Gasteiger charge is -2.09. The molecule has 0 radical (unpaired) electrons. The average molecular weight is 156 g/mol. The van der Waals surface area contributed by atoms with E-state index in [9.17, 15) is 0 Å². The lowest BCUT2D eigenvalue weighted by molar-refractivity contribution is 0.527. The van der Waals surface area contributed by atoms with Crippen molar-refractivity contribution in [1.29, 1.82) is 10.5 Å². The first-order chi connectivity index (χ1) is 5.86. The van der Waals surface area contributed by atoms with E-state index < -0.39 is 0 Å². The summed E-state index contributed by atoms with van der Waals surface area (Å²) in [7, 11) is 0. The van der Waals surface area contributed by atoms with Gasteiger partial charge in [0.25, 0.3) is 0 Å². The Morgan fingerprint density at radius 3 is 1.75 bits per heavy atom. The molecule has 0 aromatic carbocycles. The molecule has 2 unspecified atom stereocenters. The number of fused-ring (bicyclic) bond motifs is 1. The van der Waals surface area contributed by atoms with Gasteiger partial charge in [-0.05, 0) is 12.8 Å². The summed E-state index contributed by atoms with van der Waals surface area (Å²) in [5, 5.41) is 17.5. The van der Waals surface area contributed by atoms with Crippen molar-refractivity contribution < 1.29 is 0 Å². The van der Waals surface area contributed by atoms with Gasteiger partial charge in [0.2, 0.25) is 0 Å². The summed E-state index contributed by atoms with van der Waals surface area (Å²) in [6.45, 7) is 0. The predicted molar refractivity (Wildman–Crippen MR) is 43.6 cm³/mol. The fourth-order valence-corrected chi connectivity index (χ4v) is 2.08. The molecule has 0 saturated heterocycles. The molecule has 2 aliphatic rings. The van der Waals surface area contributed by atoms with E-state index in [1.807, 2.05) is 12.2 Å². The van der Waals surface area contributed by atoms with Gasteiger partial charge in [0.15, 0.2) is 0 Å². The molecule has 58 valence electrons. The summed E-state index contributed by atoms with van der Waals surface area (Å²) in [5.41, 5.74) is 1.75. The van der Waals surface area contributed by atoms with Crippen molar-refractivity contribution in [2.75, 3.05) is 0 Å². The summed E-state index contributed by atoms with van der Waals surface area (Å²) in [4.78, 5) is 0. The molecule has 0 aromatic rings. The second-order valence-electron chi connectivity index (χ2n) is 3.23. The number of allylic oxidation sites excluding steroid dienone is 4. The molecule has 0 saturated carbocycles. The quantitative estimate of drug-likeness (QED) is 0.538. The van der Waals surface area contributed by atoms with E-state index in [0.29, 0.717) is 11.8 Å². The molecule has 0 fully saturated rings. The maximum absolute atomic E-state index is 8.75. The van der Waals surface area contributed by atoms with Crippen LogP contribution in [0.4, 0.5) is 0 Å². The van der Waals surface area contributed by atoms with Crippen LogP contribution in [0.1, 0.15) is 12.8 Å². The minimum absolute atomic E-state index is 0.324. The number of hydrogen-bond donors (Lipinski definition) is 0. The van der Waals surface area contributed by atoms with Crippen LogP contribution in [-0.2, 0) is 0 Å². The molecule has 2 heteroatoms. The van der Waals surface area contributed by atoms with Gasteiger partial charge in [-0.15, -0.1) is 0 Å². The van der Waals surface area contributed by atoms with E-state index in [2.05, 4.69) is 12.1 Å². The molecule has 2 aliphatic carbocycles. The summed E-state index contributed by atoms with van der Waals surface area (Å²) in [6, 6.07) is 4.40. The van der Waals surface area contributed by atoms with E-state index in [1.54, 1.807) is 0 Å². The minimum atomic E-state index is 0.324. The van der Waals surface area contributed by atoms with Gasteiger partial charge in [0.1, 0.15) is 0 Å². The first kappa shape index (κ1) is 7.13. The molecule has 0 bridgehead atoms. The average Bonchev–Trinajstić information content (AvgIpc) is 2.62. The van der Waals surface area contributed by atoms with Gasteiger partial charge in [-0.2, -0.15) is 10.5 Å². The molecule has 0 spiro atoms. The van der Waals surface area contributed by atoms with Gasteiger partial charge >= 0.3 is 0 Å². The molecule has 12 heavy (non-hydrogen) atoms. The molecule has 0 N–H and O–H groups in total. The largest absolute Gasteiger partial charge is 0.193 e. The minimum Gasteiger partial charge on any atom is -0.193 e. The first-order valence-corrected chi connectivity index (χ1v) is 4.07. The fourth-order valence-electron chi connectivity index (χ4n) is 2.08. The topological polar surface area (TPSA) is 47.6 Å². The molecule has 0 amide bonds. The second kappa shape index (κ2) is 2.50. The van der Waals surface area contributed by atoms with Crippen molar-refractivity contribution in [3.05, 3.63) is 23.3 Å². The van der Waals surface area contributed by atoms with Crippen LogP contribution >= 0.6 is 0 Å². The van der Waals surface area contributed by atoms with Crippen LogP contribution in [0.15, 0.2) is 23.3 Å². The van der Waals surface area contributed by atoms with Crippen molar-refractivity contribution in [1.82, 2.24) is 0 Å². The Morgan fingerprint density at radius 1 is 1.00 bits per heavy atom. The zero-order valence-electron chi connectivity index (χ0n) is 6.62. The summed E-state index contributed by atoms with van der Waals surface area (Å²) in [6.07, 6.45) is 5.71. The molecular formula is C10H8N2. The molecule has 0 heterocycles. The molecule has 2 rings (SSSR count). The summed E-state index contributed by atoms with van der Waals surface area (Å²) < 4.78 is 0.